The van der Waals surface area contributed by atoms with Crippen molar-refractivity contribution in [1.29, 1.82) is 0 Å². The fourth-order valence-corrected chi connectivity index (χ4v) is 4.23. The highest BCUT2D eigenvalue weighted by molar-refractivity contribution is 7.98. The van der Waals surface area contributed by atoms with Crippen LogP contribution in [0.2, 0.25) is 0 Å². The third-order valence-electron chi connectivity index (χ3n) is 4.87. The lowest BCUT2D eigenvalue weighted by molar-refractivity contribution is -0.125. The molecule has 0 bridgehead atoms. The second-order valence-electron chi connectivity index (χ2n) is 7.56. The molecule has 0 fully saturated rings. The summed E-state index contributed by atoms with van der Waals surface area (Å²) >= 11 is 1.51. The molecule has 5 nitrogen and oxygen atoms in total. The second-order valence-corrected chi connectivity index (χ2v) is 8.33. The number of rotatable bonds is 2. The van der Waals surface area contributed by atoms with E-state index >= 15 is 0 Å². The minimum absolute atomic E-state index is 0.141. The molecule has 2 aromatic rings. The zero-order valence-corrected chi connectivity index (χ0v) is 15.7. The van der Waals surface area contributed by atoms with Gasteiger partial charge in [0.25, 0.3) is 0 Å². The number of Topliss-reactive ketones (excluding diaryl/α,β-unsaturated/α-hetero) is 1. The van der Waals surface area contributed by atoms with Gasteiger partial charge in [-0.1, -0.05) is 61.5 Å². The smallest absolute Gasteiger partial charge is 0.227 e. The van der Waals surface area contributed by atoms with Gasteiger partial charge in [0.2, 0.25) is 11.1 Å². The number of benzene rings is 1. The summed E-state index contributed by atoms with van der Waals surface area (Å²) in [6.07, 6.45) is 4.70. The molecule has 2 aliphatic rings. The summed E-state index contributed by atoms with van der Waals surface area (Å²) in [7, 11) is 0. The van der Waals surface area contributed by atoms with Crippen LogP contribution in [0, 0.1) is 18.3 Å². The normalized spacial score (nSPS) is 24.2. The Labute approximate surface area is 151 Å². The van der Waals surface area contributed by atoms with E-state index < -0.39 is 0 Å². The molecule has 0 unspecified atom stereocenters. The minimum Gasteiger partial charge on any atom is -0.328 e. The molecule has 0 saturated heterocycles. The van der Waals surface area contributed by atoms with Crippen LogP contribution in [-0.2, 0) is 4.79 Å². The summed E-state index contributed by atoms with van der Waals surface area (Å²) < 4.78 is 1.89. The van der Waals surface area contributed by atoms with Crippen LogP contribution in [0.4, 0.5) is 5.95 Å². The molecule has 0 saturated carbocycles. The molecule has 6 heteroatoms. The molecule has 2 atom stereocenters. The summed E-state index contributed by atoms with van der Waals surface area (Å²) in [5.41, 5.74) is 3.10. The van der Waals surface area contributed by atoms with Crippen LogP contribution in [-0.4, -0.2) is 26.8 Å². The summed E-state index contributed by atoms with van der Waals surface area (Å²) in [5, 5.41) is 8.73. The van der Waals surface area contributed by atoms with Gasteiger partial charge in [0.05, 0.1) is 12.0 Å². The Morgan fingerprint density at radius 1 is 1.36 bits per heavy atom. The molecule has 2 heterocycles. The van der Waals surface area contributed by atoms with Gasteiger partial charge in [-0.3, -0.25) is 4.79 Å². The van der Waals surface area contributed by atoms with Crippen molar-refractivity contribution >= 4 is 23.5 Å². The Balaban J connectivity index is 1.92. The predicted octanol–water partition coefficient (Wildman–Crippen LogP) is 3.82. The van der Waals surface area contributed by atoms with E-state index in [9.17, 15) is 4.79 Å². The standard InChI is InChI=1S/C19H22N4OS/c1-11-6-5-7-12(8-11)16-15-13(9-19(2,3)10-14(15)24)20-17-21-18(25-4)22-23(16)17/h5-9,15-16H,10H2,1-4H3,(H,20,21,22)/t15-,16-/m0/s1. The third kappa shape index (κ3) is 2.78. The van der Waals surface area contributed by atoms with Crippen LogP contribution in [0.5, 0.6) is 0 Å². The van der Waals surface area contributed by atoms with Gasteiger partial charge in [-0.05, 0) is 24.2 Å². The molecule has 1 aromatic carbocycles. The summed E-state index contributed by atoms with van der Waals surface area (Å²) in [4.78, 5) is 17.6. The van der Waals surface area contributed by atoms with Crippen LogP contribution >= 0.6 is 11.8 Å². The maximum atomic E-state index is 13.1. The number of hydrogen-bond acceptors (Lipinski definition) is 5. The van der Waals surface area contributed by atoms with E-state index in [4.69, 9.17) is 0 Å². The SMILES string of the molecule is CSc1nc2n(n1)[C@@H](c1cccc(C)c1)[C@@H]1C(=O)CC(C)(C)C=C1N2. The molecule has 1 N–H and O–H groups in total. The van der Waals surface area contributed by atoms with Gasteiger partial charge >= 0.3 is 0 Å². The van der Waals surface area contributed by atoms with Crippen molar-refractivity contribution in [3.8, 4) is 0 Å². The number of anilines is 1. The molecule has 4 rings (SSSR count). The van der Waals surface area contributed by atoms with Crippen molar-refractivity contribution < 1.29 is 4.79 Å². The molecule has 1 aliphatic carbocycles. The fourth-order valence-electron chi connectivity index (χ4n) is 3.88. The number of ketones is 1. The van der Waals surface area contributed by atoms with Gasteiger partial charge < -0.3 is 5.32 Å². The number of fused-ring (bicyclic) bond motifs is 2. The van der Waals surface area contributed by atoms with Crippen LogP contribution in [0.3, 0.4) is 0 Å². The average molecular weight is 354 g/mol. The van der Waals surface area contributed by atoms with Crippen LogP contribution in [0.25, 0.3) is 0 Å². The molecule has 25 heavy (non-hydrogen) atoms. The van der Waals surface area contributed by atoms with Crippen molar-refractivity contribution in [3.05, 3.63) is 47.2 Å². The molecular formula is C19H22N4OS. The number of nitrogens with one attached hydrogen (secondary N) is 1. The first kappa shape index (κ1) is 16.4. The lowest BCUT2D eigenvalue weighted by atomic mass is 9.72. The van der Waals surface area contributed by atoms with E-state index in [1.54, 1.807) is 0 Å². The van der Waals surface area contributed by atoms with Crippen molar-refractivity contribution in [3.63, 3.8) is 0 Å². The molecule has 1 aromatic heterocycles. The van der Waals surface area contributed by atoms with Crippen LogP contribution < -0.4 is 5.32 Å². The Bertz CT molecular complexity index is 883. The van der Waals surface area contributed by atoms with Crippen molar-refractivity contribution in [2.75, 3.05) is 11.6 Å². The summed E-state index contributed by atoms with van der Waals surface area (Å²) in [6, 6.07) is 8.18. The number of aromatic nitrogens is 3. The van der Waals surface area contributed by atoms with Gasteiger partial charge in [0.15, 0.2) is 0 Å². The van der Waals surface area contributed by atoms with Crippen molar-refractivity contribution in [2.24, 2.45) is 11.3 Å². The predicted molar refractivity (Wildman–Crippen MR) is 99.7 cm³/mol. The average Bonchev–Trinajstić information content (AvgIpc) is 2.94. The molecule has 1 aliphatic heterocycles. The van der Waals surface area contributed by atoms with E-state index in [1.165, 1.54) is 17.3 Å². The van der Waals surface area contributed by atoms with Gasteiger partial charge in [0, 0.05) is 12.1 Å². The van der Waals surface area contributed by atoms with E-state index in [0.717, 1.165) is 11.3 Å². The molecule has 0 radical (unpaired) electrons. The number of carbonyl (C=O) groups excluding carboxylic acids is 1. The minimum atomic E-state index is -0.237. The Hall–Kier alpha value is -2.08. The van der Waals surface area contributed by atoms with E-state index in [0.29, 0.717) is 17.5 Å². The topological polar surface area (TPSA) is 59.8 Å². The first-order chi connectivity index (χ1) is 11.9. The quantitative estimate of drug-likeness (QED) is 0.831. The van der Waals surface area contributed by atoms with Gasteiger partial charge in [-0.25, -0.2) is 4.68 Å². The first-order valence-corrected chi connectivity index (χ1v) is 9.70. The monoisotopic (exact) mass is 354 g/mol. The highest BCUT2D eigenvalue weighted by atomic mass is 32.2. The number of hydrogen-bond donors (Lipinski definition) is 1. The number of allylic oxidation sites excluding steroid dienone is 2. The van der Waals surface area contributed by atoms with E-state index in [2.05, 4.69) is 60.4 Å². The zero-order chi connectivity index (χ0) is 17.8. The highest BCUT2D eigenvalue weighted by Crippen LogP contribution is 2.45. The Morgan fingerprint density at radius 3 is 2.88 bits per heavy atom. The van der Waals surface area contributed by atoms with E-state index in [1.807, 2.05) is 17.0 Å². The number of carbonyl (C=O) groups is 1. The molecular weight excluding hydrogens is 332 g/mol. The summed E-state index contributed by atoms with van der Waals surface area (Å²) in [6.45, 7) is 6.27. The van der Waals surface area contributed by atoms with Crippen molar-refractivity contribution in [1.82, 2.24) is 14.8 Å². The van der Waals surface area contributed by atoms with Gasteiger partial charge in [-0.2, -0.15) is 4.98 Å². The van der Waals surface area contributed by atoms with Crippen LogP contribution in [0.15, 0.2) is 41.2 Å². The maximum Gasteiger partial charge on any atom is 0.227 e. The first-order valence-electron chi connectivity index (χ1n) is 8.47. The lowest BCUT2D eigenvalue weighted by Crippen LogP contribution is -2.42. The maximum absolute atomic E-state index is 13.1. The fraction of sp³-hybridized carbons (Fsp3) is 0.421. The van der Waals surface area contributed by atoms with Gasteiger partial charge in [0.1, 0.15) is 5.78 Å². The van der Waals surface area contributed by atoms with Crippen LogP contribution in [0.1, 0.15) is 37.4 Å². The number of nitrogens with zero attached hydrogens (tertiary/aromatic N) is 3. The molecule has 0 amide bonds. The summed E-state index contributed by atoms with van der Waals surface area (Å²) in [5.74, 6) is 0.732. The Kier molecular flexibility index (Phi) is 3.76. The highest BCUT2D eigenvalue weighted by Gasteiger charge is 2.45. The second kappa shape index (κ2) is 5.73. The number of aryl methyl sites for hydroxylation is 1. The third-order valence-corrected chi connectivity index (χ3v) is 5.41. The van der Waals surface area contributed by atoms with Gasteiger partial charge in [-0.15, -0.1) is 5.10 Å². The largest absolute Gasteiger partial charge is 0.328 e. The zero-order valence-electron chi connectivity index (χ0n) is 14.9. The van der Waals surface area contributed by atoms with E-state index in [-0.39, 0.29) is 23.2 Å². The van der Waals surface area contributed by atoms with Crippen molar-refractivity contribution in [2.45, 2.75) is 38.4 Å². The Morgan fingerprint density at radius 2 is 2.16 bits per heavy atom. The molecule has 0 spiro atoms. The molecule has 130 valence electrons. The number of thioether (sulfide) groups is 1. The lowest BCUT2D eigenvalue weighted by Gasteiger charge is -2.40.